The van der Waals surface area contributed by atoms with Crippen molar-refractivity contribution >= 4 is 21.9 Å². The second-order valence-corrected chi connectivity index (χ2v) is 5.02. The van der Waals surface area contributed by atoms with Crippen LogP contribution < -0.4 is 0 Å². The molecule has 0 amide bonds. The number of fused-ring (bicyclic) bond motifs is 3. The van der Waals surface area contributed by atoms with Crippen LogP contribution in [0.4, 0.5) is 0 Å². The SMILES string of the molecule is Cc1cc(C)c2c(c1)oc1c(C)cc(C)cc12. The molecule has 0 fully saturated rings. The van der Waals surface area contributed by atoms with Gasteiger partial charge in [0.1, 0.15) is 11.2 Å². The van der Waals surface area contributed by atoms with Gasteiger partial charge < -0.3 is 4.42 Å². The predicted octanol–water partition coefficient (Wildman–Crippen LogP) is 4.82. The zero-order chi connectivity index (χ0) is 12.2. The second kappa shape index (κ2) is 3.36. The highest BCUT2D eigenvalue weighted by molar-refractivity contribution is 6.07. The van der Waals surface area contributed by atoms with Gasteiger partial charge in [-0.3, -0.25) is 0 Å². The minimum absolute atomic E-state index is 1.01. The number of rotatable bonds is 0. The second-order valence-electron chi connectivity index (χ2n) is 5.02. The van der Waals surface area contributed by atoms with E-state index in [0.717, 1.165) is 11.2 Å². The average molecular weight is 224 g/mol. The molecule has 0 atom stereocenters. The van der Waals surface area contributed by atoms with E-state index in [1.54, 1.807) is 0 Å². The summed E-state index contributed by atoms with van der Waals surface area (Å²) in [5.41, 5.74) is 7.09. The van der Waals surface area contributed by atoms with Gasteiger partial charge in [-0.25, -0.2) is 0 Å². The van der Waals surface area contributed by atoms with Crippen LogP contribution in [-0.4, -0.2) is 0 Å². The fraction of sp³-hybridized carbons (Fsp3) is 0.250. The van der Waals surface area contributed by atoms with Crippen LogP contribution in [0, 0.1) is 27.7 Å². The molecule has 0 N–H and O–H groups in total. The topological polar surface area (TPSA) is 13.1 Å². The Morgan fingerprint density at radius 3 is 2.18 bits per heavy atom. The number of hydrogen-bond donors (Lipinski definition) is 0. The van der Waals surface area contributed by atoms with E-state index >= 15 is 0 Å². The van der Waals surface area contributed by atoms with Gasteiger partial charge in [-0.15, -0.1) is 0 Å². The molecule has 86 valence electrons. The van der Waals surface area contributed by atoms with Crippen molar-refractivity contribution < 1.29 is 4.42 Å². The van der Waals surface area contributed by atoms with E-state index in [4.69, 9.17) is 4.42 Å². The molecule has 1 aromatic heterocycles. The lowest BCUT2D eigenvalue weighted by molar-refractivity contribution is 0.665. The summed E-state index contributed by atoms with van der Waals surface area (Å²) in [5, 5.41) is 2.51. The Bertz CT molecular complexity index is 732. The van der Waals surface area contributed by atoms with Gasteiger partial charge in [0.2, 0.25) is 0 Å². The minimum atomic E-state index is 1.01. The number of hydrogen-bond acceptors (Lipinski definition) is 1. The van der Waals surface area contributed by atoms with Crippen LogP contribution in [0.25, 0.3) is 21.9 Å². The van der Waals surface area contributed by atoms with E-state index in [1.807, 2.05) is 0 Å². The van der Waals surface area contributed by atoms with Gasteiger partial charge in [-0.05, 0) is 62.1 Å². The quantitative estimate of drug-likeness (QED) is 0.533. The molecule has 0 aliphatic rings. The summed E-state index contributed by atoms with van der Waals surface area (Å²) < 4.78 is 6.00. The van der Waals surface area contributed by atoms with Crippen LogP contribution in [0.3, 0.4) is 0 Å². The molecule has 0 spiro atoms. The maximum absolute atomic E-state index is 6.00. The summed E-state index contributed by atoms with van der Waals surface area (Å²) in [5.74, 6) is 0. The van der Waals surface area contributed by atoms with Gasteiger partial charge in [0.25, 0.3) is 0 Å². The first-order valence-corrected chi connectivity index (χ1v) is 5.97. The first-order chi connectivity index (χ1) is 8.06. The Balaban J connectivity index is 2.60. The molecular weight excluding hydrogens is 208 g/mol. The lowest BCUT2D eigenvalue weighted by atomic mass is 10.0. The summed E-state index contributed by atoms with van der Waals surface area (Å²) in [4.78, 5) is 0. The fourth-order valence-corrected chi connectivity index (χ4v) is 2.74. The van der Waals surface area contributed by atoms with Gasteiger partial charge in [-0.2, -0.15) is 0 Å². The molecule has 1 nitrogen and oxygen atoms in total. The smallest absolute Gasteiger partial charge is 0.138 e. The maximum atomic E-state index is 6.00. The van der Waals surface area contributed by atoms with E-state index in [2.05, 4.69) is 52.0 Å². The lowest BCUT2D eigenvalue weighted by Gasteiger charge is -1.99. The van der Waals surface area contributed by atoms with Crippen LogP contribution in [0.15, 0.2) is 28.7 Å². The minimum Gasteiger partial charge on any atom is -0.456 e. The Hall–Kier alpha value is -1.76. The van der Waals surface area contributed by atoms with Crippen molar-refractivity contribution in [3.8, 4) is 0 Å². The maximum Gasteiger partial charge on any atom is 0.138 e. The highest BCUT2D eigenvalue weighted by Gasteiger charge is 2.11. The van der Waals surface area contributed by atoms with Gasteiger partial charge in [0.15, 0.2) is 0 Å². The third-order valence-electron chi connectivity index (χ3n) is 3.34. The lowest BCUT2D eigenvalue weighted by Crippen LogP contribution is -1.80. The number of furan rings is 1. The monoisotopic (exact) mass is 224 g/mol. The summed E-state index contributed by atoms with van der Waals surface area (Å²) in [6.07, 6.45) is 0. The molecular formula is C16H16O. The first-order valence-electron chi connectivity index (χ1n) is 5.97. The number of aryl methyl sites for hydroxylation is 4. The Morgan fingerprint density at radius 2 is 1.41 bits per heavy atom. The normalized spacial score (nSPS) is 11.5. The van der Waals surface area contributed by atoms with Gasteiger partial charge in [0, 0.05) is 10.8 Å². The molecule has 0 unspecified atom stereocenters. The zero-order valence-electron chi connectivity index (χ0n) is 10.7. The Labute approximate surface area is 101 Å². The summed E-state index contributed by atoms with van der Waals surface area (Å²) in [6, 6.07) is 8.73. The van der Waals surface area contributed by atoms with Crippen molar-refractivity contribution in [1.82, 2.24) is 0 Å². The largest absolute Gasteiger partial charge is 0.456 e. The van der Waals surface area contributed by atoms with E-state index in [-0.39, 0.29) is 0 Å². The number of benzene rings is 2. The zero-order valence-corrected chi connectivity index (χ0v) is 10.7. The van der Waals surface area contributed by atoms with Crippen LogP contribution in [0.5, 0.6) is 0 Å². The van der Waals surface area contributed by atoms with E-state index in [0.29, 0.717) is 0 Å². The van der Waals surface area contributed by atoms with Gasteiger partial charge >= 0.3 is 0 Å². The predicted molar refractivity (Wildman–Crippen MR) is 72.7 cm³/mol. The van der Waals surface area contributed by atoms with E-state index in [9.17, 15) is 0 Å². The molecule has 17 heavy (non-hydrogen) atoms. The molecule has 0 bridgehead atoms. The van der Waals surface area contributed by atoms with E-state index < -0.39 is 0 Å². The van der Waals surface area contributed by atoms with Crippen molar-refractivity contribution in [2.45, 2.75) is 27.7 Å². The van der Waals surface area contributed by atoms with Crippen molar-refractivity contribution in [3.63, 3.8) is 0 Å². The molecule has 1 heteroatoms. The van der Waals surface area contributed by atoms with Gasteiger partial charge in [0.05, 0.1) is 0 Å². The summed E-state index contributed by atoms with van der Waals surface area (Å²) in [7, 11) is 0. The van der Waals surface area contributed by atoms with Crippen LogP contribution in [0.1, 0.15) is 22.3 Å². The Kier molecular flexibility index (Phi) is 2.06. The molecule has 0 aliphatic heterocycles. The van der Waals surface area contributed by atoms with E-state index in [1.165, 1.54) is 33.0 Å². The third kappa shape index (κ3) is 1.46. The first kappa shape index (κ1) is 10.4. The Morgan fingerprint density at radius 1 is 0.765 bits per heavy atom. The van der Waals surface area contributed by atoms with Crippen molar-refractivity contribution in [3.05, 3.63) is 46.5 Å². The van der Waals surface area contributed by atoms with Gasteiger partial charge in [-0.1, -0.05) is 12.1 Å². The molecule has 0 saturated carbocycles. The molecule has 0 saturated heterocycles. The highest BCUT2D eigenvalue weighted by atomic mass is 16.3. The molecule has 3 rings (SSSR count). The summed E-state index contributed by atoms with van der Waals surface area (Å²) in [6.45, 7) is 8.51. The van der Waals surface area contributed by atoms with Crippen LogP contribution in [-0.2, 0) is 0 Å². The fourth-order valence-electron chi connectivity index (χ4n) is 2.74. The molecule has 0 radical (unpaired) electrons. The van der Waals surface area contributed by atoms with Crippen LogP contribution in [0.2, 0.25) is 0 Å². The molecule has 3 aromatic rings. The van der Waals surface area contributed by atoms with Crippen molar-refractivity contribution in [2.24, 2.45) is 0 Å². The molecule has 2 aromatic carbocycles. The van der Waals surface area contributed by atoms with Crippen molar-refractivity contribution in [2.75, 3.05) is 0 Å². The summed E-state index contributed by atoms with van der Waals surface area (Å²) >= 11 is 0. The van der Waals surface area contributed by atoms with Crippen molar-refractivity contribution in [1.29, 1.82) is 0 Å². The highest BCUT2D eigenvalue weighted by Crippen LogP contribution is 2.34. The molecule has 1 heterocycles. The molecule has 0 aliphatic carbocycles. The standard InChI is InChI=1S/C16H16O/c1-9-6-12(4)16-13(7-9)15-11(3)5-10(2)8-14(15)17-16/h5-8H,1-4H3. The third-order valence-corrected chi connectivity index (χ3v) is 3.34. The average Bonchev–Trinajstić information content (AvgIpc) is 2.56. The van der Waals surface area contributed by atoms with Crippen LogP contribution >= 0.6 is 0 Å².